The van der Waals surface area contributed by atoms with Crippen molar-refractivity contribution in [1.82, 2.24) is 5.32 Å². The summed E-state index contributed by atoms with van der Waals surface area (Å²) in [6.07, 6.45) is 6.03. The fourth-order valence-electron chi connectivity index (χ4n) is 4.59. The molecular weight excluding hydrogens is 402 g/mol. The van der Waals surface area contributed by atoms with Crippen molar-refractivity contribution in [2.45, 2.75) is 104 Å². The summed E-state index contributed by atoms with van der Waals surface area (Å²) < 4.78 is 11.3. The van der Waals surface area contributed by atoms with E-state index < -0.39 is 17.7 Å². The molecule has 4 atom stereocenters. The Hall–Kier alpha value is -2.04. The van der Waals surface area contributed by atoms with Gasteiger partial charge in [-0.25, -0.2) is 9.59 Å². The predicted octanol–water partition coefficient (Wildman–Crippen LogP) is 6.30. The Morgan fingerprint density at radius 3 is 2.47 bits per heavy atom. The first-order valence-corrected chi connectivity index (χ1v) is 12.3. The molecular formula is C27H43NO4. The van der Waals surface area contributed by atoms with Crippen molar-refractivity contribution >= 4 is 12.1 Å². The van der Waals surface area contributed by atoms with E-state index in [9.17, 15) is 9.59 Å². The highest BCUT2D eigenvalue weighted by molar-refractivity contribution is 5.81. The lowest BCUT2D eigenvalue weighted by atomic mass is 9.77. The molecule has 1 heterocycles. The van der Waals surface area contributed by atoms with E-state index in [1.54, 1.807) is 0 Å². The Labute approximate surface area is 194 Å². The number of cyclic esters (lactones) is 1. The molecule has 1 aromatic rings. The summed E-state index contributed by atoms with van der Waals surface area (Å²) in [6.45, 7) is 12.0. The Balaban J connectivity index is 2.11. The molecule has 180 valence electrons. The predicted molar refractivity (Wildman–Crippen MR) is 128 cm³/mol. The van der Waals surface area contributed by atoms with Crippen LogP contribution in [0.4, 0.5) is 4.79 Å². The molecule has 0 aliphatic carbocycles. The Kier molecular flexibility index (Phi) is 10.0. The fraction of sp³-hybridized carbons (Fsp3) is 0.704. The number of esters is 1. The van der Waals surface area contributed by atoms with Crippen molar-refractivity contribution in [1.29, 1.82) is 0 Å². The molecule has 2 rings (SSSR count). The zero-order valence-electron chi connectivity index (χ0n) is 20.9. The summed E-state index contributed by atoms with van der Waals surface area (Å²) in [5, 5.41) is 2.74. The minimum absolute atomic E-state index is 0.190. The van der Waals surface area contributed by atoms with Gasteiger partial charge >= 0.3 is 12.1 Å². The van der Waals surface area contributed by atoms with E-state index in [0.29, 0.717) is 24.2 Å². The van der Waals surface area contributed by atoms with Crippen LogP contribution in [-0.2, 0) is 20.7 Å². The zero-order chi connectivity index (χ0) is 23.7. The van der Waals surface area contributed by atoms with Gasteiger partial charge in [0.05, 0.1) is 0 Å². The zero-order valence-corrected chi connectivity index (χ0v) is 20.9. The lowest BCUT2D eigenvalue weighted by molar-refractivity contribution is -0.154. The van der Waals surface area contributed by atoms with E-state index in [1.165, 1.54) is 12.0 Å². The maximum absolute atomic E-state index is 12.9. The minimum Gasteiger partial charge on any atom is -0.461 e. The molecule has 1 aliphatic heterocycles. The number of hydrogen-bond donors (Lipinski definition) is 1. The highest BCUT2D eigenvalue weighted by atomic mass is 16.6. The highest BCUT2D eigenvalue weighted by Crippen LogP contribution is 2.34. The van der Waals surface area contributed by atoms with Crippen LogP contribution >= 0.6 is 0 Å². The van der Waals surface area contributed by atoms with Gasteiger partial charge in [0.15, 0.2) is 0 Å². The third kappa shape index (κ3) is 9.22. The average molecular weight is 446 g/mol. The van der Waals surface area contributed by atoms with Gasteiger partial charge in [-0.2, -0.15) is 0 Å². The lowest BCUT2D eigenvalue weighted by Crippen LogP contribution is -2.45. The Morgan fingerprint density at radius 1 is 1.16 bits per heavy atom. The minimum atomic E-state index is -0.661. The van der Waals surface area contributed by atoms with E-state index in [2.05, 4.69) is 43.4 Å². The maximum Gasteiger partial charge on any atom is 0.408 e. The standard InChI is InChI=1S/C27H43NO4/c1-19(2)15-17-22-13-10-14-24(28-26(30)32-27(4,5)6)25(29)31-20(3)23(22)18-16-21-11-8-7-9-12-21/h7-9,11-12,19-20,22-24H,10,13-18H2,1-6H3,(H,28,30). The van der Waals surface area contributed by atoms with Gasteiger partial charge in [0, 0.05) is 0 Å². The molecule has 1 amide bonds. The summed E-state index contributed by atoms with van der Waals surface area (Å²) in [4.78, 5) is 25.2. The maximum atomic E-state index is 12.9. The number of carbonyl (C=O) groups excluding carboxylic acids is 2. The van der Waals surface area contributed by atoms with E-state index >= 15 is 0 Å². The third-order valence-corrected chi connectivity index (χ3v) is 6.28. The molecule has 0 spiro atoms. The van der Waals surface area contributed by atoms with Gasteiger partial charge in [-0.1, -0.05) is 57.0 Å². The number of carbonyl (C=O) groups is 2. The molecule has 4 unspecified atom stereocenters. The monoisotopic (exact) mass is 445 g/mol. The largest absolute Gasteiger partial charge is 0.461 e. The number of hydrogen-bond acceptors (Lipinski definition) is 4. The van der Waals surface area contributed by atoms with E-state index in [4.69, 9.17) is 9.47 Å². The van der Waals surface area contributed by atoms with Crippen molar-refractivity contribution < 1.29 is 19.1 Å². The van der Waals surface area contributed by atoms with Crippen LogP contribution in [0.2, 0.25) is 0 Å². The van der Waals surface area contributed by atoms with E-state index in [-0.39, 0.29) is 12.1 Å². The number of rotatable bonds is 7. The van der Waals surface area contributed by atoms with Crippen molar-refractivity contribution in [2.75, 3.05) is 0 Å². The van der Waals surface area contributed by atoms with Crippen LogP contribution in [-0.4, -0.2) is 29.8 Å². The molecule has 0 bridgehead atoms. The number of ether oxygens (including phenoxy) is 2. The average Bonchev–Trinajstić information content (AvgIpc) is 2.74. The quantitative estimate of drug-likeness (QED) is 0.500. The number of amides is 1. The number of alkyl carbamates (subject to hydrolysis) is 1. The molecule has 1 fully saturated rings. The number of nitrogens with one attached hydrogen (secondary N) is 1. The molecule has 1 saturated heterocycles. The first-order chi connectivity index (χ1) is 15.0. The second-order valence-corrected chi connectivity index (χ2v) is 10.7. The van der Waals surface area contributed by atoms with Gasteiger partial charge in [-0.15, -0.1) is 0 Å². The molecule has 5 heteroatoms. The molecule has 32 heavy (non-hydrogen) atoms. The lowest BCUT2D eigenvalue weighted by Gasteiger charge is -2.32. The number of benzene rings is 1. The van der Waals surface area contributed by atoms with Crippen LogP contribution in [0.3, 0.4) is 0 Å². The Morgan fingerprint density at radius 2 is 1.84 bits per heavy atom. The first kappa shape index (κ1) is 26.2. The summed E-state index contributed by atoms with van der Waals surface area (Å²) in [6, 6.07) is 9.85. The molecule has 1 aromatic carbocycles. The van der Waals surface area contributed by atoms with Crippen molar-refractivity contribution in [3.05, 3.63) is 35.9 Å². The third-order valence-electron chi connectivity index (χ3n) is 6.28. The van der Waals surface area contributed by atoms with Gasteiger partial charge in [0.1, 0.15) is 17.7 Å². The molecule has 0 radical (unpaired) electrons. The van der Waals surface area contributed by atoms with Crippen LogP contribution in [0.5, 0.6) is 0 Å². The van der Waals surface area contributed by atoms with Crippen molar-refractivity contribution in [3.8, 4) is 0 Å². The SMILES string of the molecule is CC(C)CCC1CCCC(NC(=O)OC(C)(C)C)C(=O)OC(C)C1CCc1ccccc1. The van der Waals surface area contributed by atoms with E-state index in [0.717, 1.165) is 32.1 Å². The van der Waals surface area contributed by atoms with Crippen LogP contribution in [0.25, 0.3) is 0 Å². The van der Waals surface area contributed by atoms with Crippen LogP contribution in [0.1, 0.15) is 85.6 Å². The van der Waals surface area contributed by atoms with Crippen LogP contribution in [0.15, 0.2) is 30.3 Å². The molecule has 1 aliphatic rings. The highest BCUT2D eigenvalue weighted by Gasteiger charge is 2.34. The summed E-state index contributed by atoms with van der Waals surface area (Å²) >= 11 is 0. The Bertz CT molecular complexity index is 710. The number of aryl methyl sites for hydroxylation is 1. The van der Waals surface area contributed by atoms with Crippen molar-refractivity contribution in [3.63, 3.8) is 0 Å². The van der Waals surface area contributed by atoms with Crippen LogP contribution in [0, 0.1) is 17.8 Å². The van der Waals surface area contributed by atoms with Gasteiger partial charge in [0.2, 0.25) is 0 Å². The molecule has 0 aromatic heterocycles. The fourth-order valence-corrected chi connectivity index (χ4v) is 4.59. The van der Waals surface area contributed by atoms with Crippen molar-refractivity contribution in [2.24, 2.45) is 17.8 Å². The van der Waals surface area contributed by atoms with Gasteiger partial charge < -0.3 is 14.8 Å². The summed E-state index contributed by atoms with van der Waals surface area (Å²) in [5.74, 6) is 1.11. The second kappa shape index (κ2) is 12.3. The second-order valence-electron chi connectivity index (χ2n) is 10.7. The van der Waals surface area contributed by atoms with Gasteiger partial charge in [-0.3, -0.25) is 0 Å². The molecule has 5 nitrogen and oxygen atoms in total. The van der Waals surface area contributed by atoms with Gasteiger partial charge in [-0.05, 0) is 83.1 Å². The van der Waals surface area contributed by atoms with Gasteiger partial charge in [0.25, 0.3) is 0 Å². The topological polar surface area (TPSA) is 64.6 Å². The summed E-state index contributed by atoms with van der Waals surface area (Å²) in [5.41, 5.74) is 0.711. The van der Waals surface area contributed by atoms with E-state index in [1.807, 2.05) is 33.8 Å². The first-order valence-electron chi connectivity index (χ1n) is 12.3. The summed E-state index contributed by atoms with van der Waals surface area (Å²) in [7, 11) is 0. The molecule has 1 N–H and O–H groups in total. The van der Waals surface area contributed by atoms with Crippen LogP contribution < -0.4 is 5.32 Å². The smallest absolute Gasteiger partial charge is 0.408 e. The molecule has 0 saturated carbocycles. The normalized spacial score (nSPS) is 24.8.